The Morgan fingerprint density at radius 3 is 2.61 bits per heavy atom. The highest BCUT2D eigenvalue weighted by Crippen LogP contribution is 2.10. The first-order valence-corrected chi connectivity index (χ1v) is 6.50. The first kappa shape index (κ1) is 14.9. The summed E-state index contributed by atoms with van der Waals surface area (Å²) in [7, 11) is 0. The van der Waals surface area contributed by atoms with E-state index in [1.54, 1.807) is 6.92 Å². The van der Waals surface area contributed by atoms with Crippen molar-refractivity contribution in [2.24, 2.45) is 5.73 Å². The fourth-order valence-corrected chi connectivity index (χ4v) is 1.58. The van der Waals surface area contributed by atoms with Gasteiger partial charge in [-0.15, -0.1) is 0 Å². The van der Waals surface area contributed by atoms with Gasteiger partial charge in [-0.25, -0.2) is 0 Å². The molecule has 1 atom stereocenters. The molecule has 0 amide bonds. The first-order chi connectivity index (χ1) is 8.56. The van der Waals surface area contributed by atoms with Crippen LogP contribution >= 0.6 is 0 Å². The second kappa shape index (κ2) is 7.29. The summed E-state index contributed by atoms with van der Waals surface area (Å²) in [6.45, 7) is 4.92. The number of Topliss-reactive ketones (excluding diaryl/α,β-unsaturated/α-hetero) is 1. The lowest BCUT2D eigenvalue weighted by Crippen LogP contribution is -2.44. The van der Waals surface area contributed by atoms with Crippen molar-refractivity contribution in [3.05, 3.63) is 35.9 Å². The van der Waals surface area contributed by atoms with Crippen LogP contribution in [0.25, 0.3) is 0 Å². The molecule has 0 aliphatic rings. The van der Waals surface area contributed by atoms with Crippen molar-refractivity contribution in [3.8, 4) is 0 Å². The third-order valence-electron chi connectivity index (χ3n) is 3.18. The third kappa shape index (κ3) is 4.98. The lowest BCUT2D eigenvalue weighted by Gasteiger charge is -2.20. The van der Waals surface area contributed by atoms with Crippen LogP contribution < -0.4 is 5.73 Å². The van der Waals surface area contributed by atoms with Crippen LogP contribution in [-0.4, -0.2) is 17.9 Å². The molecule has 3 nitrogen and oxygen atoms in total. The molecule has 0 spiro atoms. The van der Waals surface area contributed by atoms with Gasteiger partial charge < -0.3 is 10.5 Å². The highest BCUT2D eigenvalue weighted by molar-refractivity contribution is 5.87. The van der Waals surface area contributed by atoms with Gasteiger partial charge >= 0.3 is 0 Å². The second-order valence-corrected chi connectivity index (χ2v) is 4.84. The zero-order valence-electron chi connectivity index (χ0n) is 11.3. The maximum atomic E-state index is 11.7. The summed E-state index contributed by atoms with van der Waals surface area (Å²) in [4.78, 5) is 11.7. The fraction of sp³-hybridized carbons (Fsp3) is 0.533. The molecule has 1 rings (SSSR count). The Labute approximate surface area is 109 Å². The van der Waals surface area contributed by atoms with Gasteiger partial charge in [0.15, 0.2) is 5.78 Å². The van der Waals surface area contributed by atoms with E-state index < -0.39 is 5.54 Å². The highest BCUT2D eigenvalue weighted by atomic mass is 16.5. The van der Waals surface area contributed by atoms with Gasteiger partial charge in [-0.2, -0.15) is 0 Å². The molecule has 0 aliphatic carbocycles. The Kier molecular flexibility index (Phi) is 6.02. The third-order valence-corrected chi connectivity index (χ3v) is 3.18. The van der Waals surface area contributed by atoms with Crippen LogP contribution in [0.1, 0.15) is 38.7 Å². The summed E-state index contributed by atoms with van der Waals surface area (Å²) < 4.78 is 5.52. The van der Waals surface area contributed by atoms with E-state index in [0.717, 1.165) is 12.0 Å². The second-order valence-electron chi connectivity index (χ2n) is 4.84. The molecule has 1 unspecified atom stereocenters. The van der Waals surface area contributed by atoms with E-state index in [2.05, 4.69) is 0 Å². The predicted octanol–water partition coefficient (Wildman–Crippen LogP) is 2.68. The smallest absolute Gasteiger partial charge is 0.152 e. The Bertz CT molecular complexity index is 360. The molecule has 1 aromatic carbocycles. The monoisotopic (exact) mass is 249 g/mol. The Morgan fingerprint density at radius 2 is 2.00 bits per heavy atom. The van der Waals surface area contributed by atoms with E-state index in [-0.39, 0.29) is 5.78 Å². The zero-order valence-corrected chi connectivity index (χ0v) is 11.3. The molecule has 1 aromatic rings. The number of benzene rings is 1. The van der Waals surface area contributed by atoms with Crippen molar-refractivity contribution in [2.75, 3.05) is 6.61 Å². The van der Waals surface area contributed by atoms with E-state index in [4.69, 9.17) is 10.5 Å². The molecule has 0 radical (unpaired) electrons. The molecule has 0 aliphatic heterocycles. The van der Waals surface area contributed by atoms with Gasteiger partial charge in [-0.3, -0.25) is 4.79 Å². The lowest BCUT2D eigenvalue weighted by atomic mass is 9.92. The van der Waals surface area contributed by atoms with Crippen LogP contribution in [0.15, 0.2) is 30.3 Å². The molecule has 18 heavy (non-hydrogen) atoms. The number of nitrogens with two attached hydrogens (primary N) is 1. The van der Waals surface area contributed by atoms with Crippen LogP contribution in [0, 0.1) is 0 Å². The maximum Gasteiger partial charge on any atom is 0.152 e. The fourth-order valence-electron chi connectivity index (χ4n) is 1.58. The molecule has 0 saturated carbocycles. The van der Waals surface area contributed by atoms with Gasteiger partial charge in [0.2, 0.25) is 0 Å². The average Bonchev–Trinajstić information content (AvgIpc) is 2.39. The van der Waals surface area contributed by atoms with E-state index >= 15 is 0 Å². The van der Waals surface area contributed by atoms with Crippen LogP contribution in [0.2, 0.25) is 0 Å². The summed E-state index contributed by atoms with van der Waals surface area (Å²) in [5, 5.41) is 0. The van der Waals surface area contributed by atoms with Crippen molar-refractivity contribution >= 4 is 5.78 Å². The molecule has 0 bridgehead atoms. The summed E-state index contributed by atoms with van der Waals surface area (Å²) in [6.07, 6.45) is 1.91. The van der Waals surface area contributed by atoms with Crippen molar-refractivity contribution in [1.82, 2.24) is 0 Å². The summed E-state index contributed by atoms with van der Waals surface area (Å²) >= 11 is 0. The number of ketones is 1. The summed E-state index contributed by atoms with van der Waals surface area (Å²) in [5.41, 5.74) is 6.35. The topological polar surface area (TPSA) is 52.3 Å². The average molecular weight is 249 g/mol. The van der Waals surface area contributed by atoms with E-state index in [9.17, 15) is 4.79 Å². The minimum Gasteiger partial charge on any atom is -0.377 e. The number of hydrogen-bond donors (Lipinski definition) is 1. The number of rotatable bonds is 8. The number of ether oxygens (including phenoxy) is 1. The minimum atomic E-state index is -0.681. The quantitative estimate of drug-likeness (QED) is 0.721. The largest absolute Gasteiger partial charge is 0.377 e. The number of hydrogen-bond acceptors (Lipinski definition) is 3. The lowest BCUT2D eigenvalue weighted by molar-refractivity contribution is -0.124. The van der Waals surface area contributed by atoms with E-state index in [1.165, 1.54) is 0 Å². The number of carbonyl (C=O) groups excluding carboxylic acids is 1. The van der Waals surface area contributed by atoms with Crippen molar-refractivity contribution in [3.63, 3.8) is 0 Å². The molecule has 0 fully saturated rings. The van der Waals surface area contributed by atoms with Gasteiger partial charge in [0.25, 0.3) is 0 Å². The molecule has 0 aromatic heterocycles. The van der Waals surface area contributed by atoms with Crippen LogP contribution in [0.3, 0.4) is 0 Å². The Hall–Kier alpha value is -1.19. The number of carbonyl (C=O) groups is 1. The van der Waals surface area contributed by atoms with Gasteiger partial charge in [-0.1, -0.05) is 37.3 Å². The normalized spacial score (nSPS) is 14.2. The highest BCUT2D eigenvalue weighted by Gasteiger charge is 2.24. The van der Waals surface area contributed by atoms with Crippen molar-refractivity contribution in [1.29, 1.82) is 0 Å². The molecular weight excluding hydrogens is 226 g/mol. The molecule has 3 heteroatoms. The molecular formula is C15H23NO2. The SMILES string of the molecule is CCC(C)(N)C(=O)CCCOCc1ccccc1. The predicted molar refractivity (Wildman–Crippen MR) is 73.2 cm³/mol. The summed E-state index contributed by atoms with van der Waals surface area (Å²) in [6, 6.07) is 10.0. The maximum absolute atomic E-state index is 11.7. The van der Waals surface area contributed by atoms with Crippen LogP contribution in [0.5, 0.6) is 0 Å². The van der Waals surface area contributed by atoms with Crippen molar-refractivity contribution < 1.29 is 9.53 Å². The van der Waals surface area contributed by atoms with E-state index in [0.29, 0.717) is 26.1 Å². The molecule has 2 N–H and O–H groups in total. The Balaban J connectivity index is 2.14. The van der Waals surface area contributed by atoms with Crippen LogP contribution in [0.4, 0.5) is 0 Å². The summed E-state index contributed by atoms with van der Waals surface area (Å²) in [5.74, 6) is 0.119. The van der Waals surface area contributed by atoms with E-state index in [1.807, 2.05) is 37.3 Å². The Morgan fingerprint density at radius 1 is 1.33 bits per heavy atom. The van der Waals surface area contributed by atoms with Gasteiger partial charge in [0.1, 0.15) is 0 Å². The van der Waals surface area contributed by atoms with Crippen molar-refractivity contribution in [2.45, 2.75) is 45.3 Å². The van der Waals surface area contributed by atoms with Crippen LogP contribution in [-0.2, 0) is 16.1 Å². The molecule has 100 valence electrons. The standard InChI is InChI=1S/C15H23NO2/c1-3-15(2,16)14(17)10-7-11-18-12-13-8-5-4-6-9-13/h4-6,8-9H,3,7,10-12,16H2,1-2H3. The van der Waals surface area contributed by atoms with Gasteiger partial charge in [0.05, 0.1) is 12.1 Å². The van der Waals surface area contributed by atoms with Gasteiger partial charge in [0, 0.05) is 13.0 Å². The zero-order chi connectivity index (χ0) is 13.4. The molecule has 0 heterocycles. The molecule has 0 saturated heterocycles. The minimum absolute atomic E-state index is 0.119. The first-order valence-electron chi connectivity index (χ1n) is 6.50. The van der Waals surface area contributed by atoms with Gasteiger partial charge in [-0.05, 0) is 25.3 Å².